The van der Waals surface area contributed by atoms with Gasteiger partial charge in [0.15, 0.2) is 5.82 Å². The van der Waals surface area contributed by atoms with Gasteiger partial charge in [-0.1, -0.05) is 11.3 Å². The van der Waals surface area contributed by atoms with Crippen molar-refractivity contribution in [2.45, 2.75) is 12.8 Å². The van der Waals surface area contributed by atoms with Crippen molar-refractivity contribution in [1.82, 2.24) is 50.6 Å². The number of H-pyrrole nitrogens is 2. The van der Waals surface area contributed by atoms with Crippen molar-refractivity contribution in [3.05, 3.63) is 35.9 Å². The van der Waals surface area contributed by atoms with Crippen molar-refractivity contribution >= 4 is 5.65 Å². The highest BCUT2D eigenvalue weighted by Gasteiger charge is 2.09. The first-order valence-electron chi connectivity index (χ1n) is 6.32. The van der Waals surface area contributed by atoms with Crippen LogP contribution in [0.15, 0.2) is 24.5 Å². The molecule has 0 aliphatic heterocycles. The molecule has 4 heterocycles. The summed E-state index contributed by atoms with van der Waals surface area (Å²) in [7, 11) is 0. The molecule has 4 aromatic rings. The van der Waals surface area contributed by atoms with Crippen LogP contribution in [-0.2, 0) is 12.8 Å². The molecular weight excluding hydrogens is 272 g/mol. The van der Waals surface area contributed by atoms with Crippen molar-refractivity contribution in [3.8, 4) is 11.5 Å². The minimum Gasteiger partial charge on any atom is -0.306 e. The van der Waals surface area contributed by atoms with E-state index in [1.165, 1.54) is 0 Å². The predicted octanol–water partition coefficient (Wildman–Crippen LogP) is -0.187. The minimum atomic E-state index is 0.479. The van der Waals surface area contributed by atoms with Gasteiger partial charge in [0.1, 0.15) is 11.3 Å². The fraction of sp³-hybridized carbons (Fsp3) is 0.182. The van der Waals surface area contributed by atoms with Gasteiger partial charge in [-0.25, -0.2) is 4.98 Å². The normalized spacial score (nSPS) is 11.2. The fourth-order valence-electron chi connectivity index (χ4n) is 2.11. The molecule has 10 heteroatoms. The quantitative estimate of drug-likeness (QED) is 0.531. The third-order valence-corrected chi connectivity index (χ3v) is 3.11. The van der Waals surface area contributed by atoms with Crippen LogP contribution in [0.4, 0.5) is 0 Å². The first kappa shape index (κ1) is 11.6. The van der Waals surface area contributed by atoms with Gasteiger partial charge in [0.05, 0.1) is 0 Å². The average Bonchev–Trinajstić information content (AvgIpc) is 3.23. The zero-order valence-electron chi connectivity index (χ0n) is 10.8. The third-order valence-electron chi connectivity index (χ3n) is 3.11. The van der Waals surface area contributed by atoms with Gasteiger partial charge in [0.2, 0.25) is 5.82 Å². The Morgan fingerprint density at radius 2 is 1.86 bits per heavy atom. The van der Waals surface area contributed by atoms with E-state index >= 15 is 0 Å². The fourth-order valence-corrected chi connectivity index (χ4v) is 2.11. The van der Waals surface area contributed by atoms with Crippen LogP contribution in [0.1, 0.15) is 11.4 Å². The number of fused-ring (bicyclic) bond motifs is 1. The van der Waals surface area contributed by atoms with Crippen LogP contribution in [0.5, 0.6) is 0 Å². The number of nitrogens with one attached hydrogen (secondary N) is 2. The van der Waals surface area contributed by atoms with E-state index in [-0.39, 0.29) is 0 Å². The number of aryl methyl sites for hydroxylation is 2. The van der Waals surface area contributed by atoms with Gasteiger partial charge < -0.3 is 4.40 Å². The van der Waals surface area contributed by atoms with Crippen molar-refractivity contribution in [2.24, 2.45) is 0 Å². The zero-order valence-corrected chi connectivity index (χ0v) is 10.8. The molecule has 0 spiro atoms. The number of pyridine rings is 1. The lowest BCUT2D eigenvalue weighted by atomic mass is 10.1. The number of tetrazole rings is 2. The number of rotatable bonds is 4. The number of hydrogen-bond acceptors (Lipinski definition) is 7. The van der Waals surface area contributed by atoms with Gasteiger partial charge >= 0.3 is 0 Å². The summed E-state index contributed by atoms with van der Waals surface area (Å²) in [6.07, 6.45) is 5.45. The van der Waals surface area contributed by atoms with E-state index in [0.717, 1.165) is 24.1 Å². The zero-order chi connectivity index (χ0) is 14.1. The second-order valence-electron chi connectivity index (χ2n) is 4.49. The highest BCUT2D eigenvalue weighted by Crippen LogP contribution is 2.15. The van der Waals surface area contributed by atoms with Gasteiger partial charge in [0, 0.05) is 18.8 Å². The molecule has 4 aromatic heterocycles. The van der Waals surface area contributed by atoms with Crippen LogP contribution < -0.4 is 0 Å². The summed E-state index contributed by atoms with van der Waals surface area (Å²) in [5.41, 5.74) is 2.67. The van der Waals surface area contributed by atoms with Gasteiger partial charge in [-0.2, -0.15) is 10.4 Å². The van der Waals surface area contributed by atoms with E-state index in [0.29, 0.717) is 17.3 Å². The number of aromatic amines is 2. The average molecular weight is 282 g/mol. The van der Waals surface area contributed by atoms with Crippen LogP contribution in [0.3, 0.4) is 0 Å². The SMILES string of the molecule is c1cc2nc(-c3nn[nH]n3)cn2cc1CCc1nn[nH]n1. The Morgan fingerprint density at radius 1 is 0.952 bits per heavy atom. The molecule has 104 valence electrons. The number of hydrogen-bond donors (Lipinski definition) is 2. The third kappa shape index (κ3) is 2.22. The van der Waals surface area contributed by atoms with Gasteiger partial charge in [-0.3, -0.25) is 0 Å². The largest absolute Gasteiger partial charge is 0.306 e. The second-order valence-corrected chi connectivity index (χ2v) is 4.49. The van der Waals surface area contributed by atoms with Crippen molar-refractivity contribution in [1.29, 1.82) is 0 Å². The van der Waals surface area contributed by atoms with Gasteiger partial charge in [-0.15, -0.1) is 20.4 Å². The minimum absolute atomic E-state index is 0.479. The number of nitrogens with zero attached hydrogens (tertiary/aromatic N) is 8. The predicted molar refractivity (Wildman–Crippen MR) is 69.9 cm³/mol. The van der Waals surface area contributed by atoms with E-state index in [9.17, 15) is 0 Å². The van der Waals surface area contributed by atoms with E-state index in [2.05, 4.69) is 46.2 Å². The molecule has 0 saturated carbocycles. The Morgan fingerprint density at radius 3 is 2.67 bits per heavy atom. The molecule has 2 N–H and O–H groups in total. The molecule has 0 atom stereocenters. The van der Waals surface area contributed by atoms with Crippen LogP contribution >= 0.6 is 0 Å². The Hall–Kier alpha value is -3.17. The molecule has 0 bridgehead atoms. The lowest BCUT2D eigenvalue weighted by Gasteiger charge is -1.99. The smallest absolute Gasteiger partial charge is 0.224 e. The molecule has 4 rings (SSSR count). The molecular formula is C11H10N10. The van der Waals surface area contributed by atoms with Gasteiger partial charge in [-0.05, 0) is 23.3 Å². The topological polar surface area (TPSA) is 126 Å². The van der Waals surface area contributed by atoms with Crippen LogP contribution in [0.25, 0.3) is 17.2 Å². The summed E-state index contributed by atoms with van der Waals surface area (Å²) in [5.74, 6) is 1.18. The summed E-state index contributed by atoms with van der Waals surface area (Å²) in [5, 5.41) is 27.7. The van der Waals surface area contributed by atoms with Crippen LogP contribution in [0, 0.1) is 0 Å². The highest BCUT2D eigenvalue weighted by molar-refractivity contribution is 5.55. The summed E-state index contributed by atoms with van der Waals surface area (Å²) in [4.78, 5) is 4.44. The van der Waals surface area contributed by atoms with Gasteiger partial charge in [0.25, 0.3) is 0 Å². The monoisotopic (exact) mass is 282 g/mol. The maximum atomic E-state index is 4.44. The first-order chi connectivity index (χ1) is 10.4. The molecule has 0 unspecified atom stereocenters. The Labute approximate surface area is 117 Å². The highest BCUT2D eigenvalue weighted by atomic mass is 15.5. The van der Waals surface area contributed by atoms with E-state index < -0.39 is 0 Å². The Bertz CT molecular complexity index is 845. The number of imidazole rings is 1. The van der Waals surface area contributed by atoms with Crippen molar-refractivity contribution < 1.29 is 0 Å². The summed E-state index contributed by atoms with van der Waals surface area (Å²) >= 11 is 0. The Kier molecular flexibility index (Phi) is 2.63. The Balaban J connectivity index is 1.60. The van der Waals surface area contributed by atoms with Crippen molar-refractivity contribution in [2.75, 3.05) is 0 Å². The maximum Gasteiger partial charge on any atom is 0.224 e. The first-order valence-corrected chi connectivity index (χ1v) is 6.32. The van der Waals surface area contributed by atoms with Crippen LogP contribution in [-0.4, -0.2) is 50.6 Å². The molecule has 21 heavy (non-hydrogen) atoms. The van der Waals surface area contributed by atoms with E-state index in [1.807, 2.05) is 28.9 Å². The molecule has 10 nitrogen and oxygen atoms in total. The lowest BCUT2D eigenvalue weighted by Crippen LogP contribution is -1.95. The summed E-state index contributed by atoms with van der Waals surface area (Å²) in [6.45, 7) is 0. The van der Waals surface area contributed by atoms with E-state index in [4.69, 9.17) is 0 Å². The molecule has 0 amide bonds. The maximum absolute atomic E-state index is 4.44. The second kappa shape index (κ2) is 4.74. The summed E-state index contributed by atoms with van der Waals surface area (Å²) in [6, 6.07) is 3.98. The summed E-state index contributed by atoms with van der Waals surface area (Å²) < 4.78 is 1.94. The number of aromatic nitrogens is 10. The van der Waals surface area contributed by atoms with Crippen molar-refractivity contribution in [3.63, 3.8) is 0 Å². The van der Waals surface area contributed by atoms with Crippen LogP contribution in [0.2, 0.25) is 0 Å². The van der Waals surface area contributed by atoms with E-state index in [1.54, 1.807) is 0 Å². The molecule has 0 radical (unpaired) electrons. The molecule has 0 aromatic carbocycles. The standard InChI is InChI=1S/C11H10N10/c1(3-9-13-17-18-14-9)7-2-4-10-12-8(6-21(10)5-7)11-15-19-20-16-11/h2,4-6H,1,3H2,(H,13,14,17,18)(H,15,16,19,20). The molecule has 0 aliphatic carbocycles. The molecule has 0 fully saturated rings. The molecule has 0 aliphatic rings. The lowest BCUT2D eigenvalue weighted by molar-refractivity contribution is 0.858. The molecule has 0 saturated heterocycles.